The fraction of sp³-hybridized carbons (Fsp3) is 0.250. The molecule has 0 radical (unpaired) electrons. The van der Waals surface area contributed by atoms with Crippen LogP contribution >= 0.6 is 0 Å². The number of ketones is 1. The molecule has 1 N–H and O–H groups in total. The van der Waals surface area contributed by atoms with Crippen LogP contribution in [0.25, 0.3) is 5.76 Å². The highest BCUT2D eigenvalue weighted by Crippen LogP contribution is 2.40. The van der Waals surface area contributed by atoms with E-state index in [2.05, 4.69) is 4.98 Å². The van der Waals surface area contributed by atoms with Gasteiger partial charge in [0.15, 0.2) is 0 Å². The lowest BCUT2D eigenvalue weighted by Crippen LogP contribution is -2.29. The van der Waals surface area contributed by atoms with Gasteiger partial charge >= 0.3 is 0 Å². The zero-order chi connectivity index (χ0) is 25.1. The zero-order valence-electron chi connectivity index (χ0n) is 20.3. The normalized spacial score (nSPS) is 17.2. The molecule has 1 fully saturated rings. The molecule has 1 aromatic heterocycles. The third-order valence-corrected chi connectivity index (χ3v) is 5.80. The molecule has 2 aromatic carbocycles. The third-order valence-electron chi connectivity index (χ3n) is 5.80. The number of carbonyl (C=O) groups is 2. The number of aromatic nitrogens is 1. The summed E-state index contributed by atoms with van der Waals surface area (Å²) >= 11 is 0. The molecule has 180 valence electrons. The number of benzene rings is 2. The van der Waals surface area contributed by atoms with Crippen molar-refractivity contribution >= 4 is 23.1 Å². The number of amides is 1. The molecule has 0 aliphatic carbocycles. The van der Waals surface area contributed by atoms with E-state index in [9.17, 15) is 14.7 Å². The van der Waals surface area contributed by atoms with Crippen molar-refractivity contribution < 1.29 is 19.4 Å². The molecule has 1 amide bonds. The SMILES string of the molecule is CC(C)Oc1cccc(/C(O)=C2/C(=O)C(=O)N(Cc3ccccn3)C2c2ccc(N(C)C)cc2)c1. The van der Waals surface area contributed by atoms with Gasteiger partial charge in [-0.25, -0.2) is 0 Å². The maximum absolute atomic E-state index is 13.3. The number of hydrogen-bond acceptors (Lipinski definition) is 6. The van der Waals surface area contributed by atoms with Gasteiger partial charge in [-0.1, -0.05) is 30.3 Å². The molecule has 2 heterocycles. The van der Waals surface area contributed by atoms with Crippen molar-refractivity contribution in [3.63, 3.8) is 0 Å². The number of nitrogens with zero attached hydrogens (tertiary/aromatic N) is 3. The summed E-state index contributed by atoms with van der Waals surface area (Å²) < 4.78 is 5.75. The van der Waals surface area contributed by atoms with Gasteiger partial charge in [-0.15, -0.1) is 0 Å². The Morgan fingerprint density at radius 3 is 2.43 bits per heavy atom. The first kappa shape index (κ1) is 24.0. The lowest BCUT2D eigenvalue weighted by atomic mass is 9.95. The van der Waals surface area contributed by atoms with Gasteiger partial charge in [0.1, 0.15) is 11.5 Å². The summed E-state index contributed by atoms with van der Waals surface area (Å²) in [5.74, 6) is -1.06. The number of hydrogen-bond donors (Lipinski definition) is 1. The van der Waals surface area contributed by atoms with E-state index >= 15 is 0 Å². The van der Waals surface area contributed by atoms with Gasteiger partial charge in [0.05, 0.1) is 30.0 Å². The first-order valence-electron chi connectivity index (χ1n) is 11.5. The van der Waals surface area contributed by atoms with Gasteiger partial charge in [-0.2, -0.15) is 0 Å². The Kier molecular flexibility index (Phi) is 6.87. The molecular formula is C28H29N3O4. The minimum atomic E-state index is -0.761. The maximum Gasteiger partial charge on any atom is 0.296 e. The summed E-state index contributed by atoms with van der Waals surface area (Å²) in [5.41, 5.74) is 2.81. The van der Waals surface area contributed by atoms with Gasteiger partial charge in [0.25, 0.3) is 11.7 Å². The Hall–Kier alpha value is -4.13. The molecule has 35 heavy (non-hydrogen) atoms. The number of rotatable bonds is 7. The van der Waals surface area contributed by atoms with E-state index < -0.39 is 17.7 Å². The van der Waals surface area contributed by atoms with E-state index in [0.29, 0.717) is 17.0 Å². The van der Waals surface area contributed by atoms with Crippen LogP contribution in [0, 0.1) is 0 Å². The summed E-state index contributed by atoms with van der Waals surface area (Å²) in [6, 6.07) is 19.2. The summed E-state index contributed by atoms with van der Waals surface area (Å²) in [6.45, 7) is 3.96. The molecule has 1 unspecified atom stereocenters. The minimum absolute atomic E-state index is 0.0465. The second kappa shape index (κ2) is 10.0. The first-order valence-corrected chi connectivity index (χ1v) is 11.5. The molecular weight excluding hydrogens is 442 g/mol. The number of Topliss-reactive ketones (excluding diaryl/α,β-unsaturated/α-hetero) is 1. The number of pyridine rings is 1. The van der Waals surface area contributed by atoms with Crippen molar-refractivity contribution in [3.05, 3.63) is 95.3 Å². The van der Waals surface area contributed by atoms with Crippen LogP contribution in [0.4, 0.5) is 5.69 Å². The summed E-state index contributed by atoms with van der Waals surface area (Å²) in [4.78, 5) is 34.2. The van der Waals surface area contributed by atoms with E-state index in [0.717, 1.165) is 11.3 Å². The van der Waals surface area contributed by atoms with Crippen LogP contribution in [0.15, 0.2) is 78.5 Å². The van der Waals surface area contributed by atoms with E-state index in [1.54, 1.807) is 42.6 Å². The molecule has 3 aromatic rings. The molecule has 7 heteroatoms. The monoisotopic (exact) mass is 471 g/mol. The fourth-order valence-electron chi connectivity index (χ4n) is 4.15. The number of likely N-dealkylation sites (tertiary alicyclic amines) is 1. The lowest BCUT2D eigenvalue weighted by Gasteiger charge is -2.25. The predicted molar refractivity (Wildman–Crippen MR) is 135 cm³/mol. The molecule has 0 spiro atoms. The molecule has 1 saturated heterocycles. The van der Waals surface area contributed by atoms with Crippen LogP contribution in [0.1, 0.15) is 36.7 Å². The number of anilines is 1. The summed E-state index contributed by atoms with van der Waals surface area (Å²) in [6.07, 6.45) is 1.60. The lowest BCUT2D eigenvalue weighted by molar-refractivity contribution is -0.140. The van der Waals surface area contributed by atoms with E-state index in [1.807, 2.05) is 63.2 Å². The summed E-state index contributed by atoms with van der Waals surface area (Å²) in [7, 11) is 3.88. The second-order valence-electron chi connectivity index (χ2n) is 8.93. The van der Waals surface area contributed by atoms with E-state index in [-0.39, 0.29) is 24.0 Å². The molecule has 1 aliphatic heterocycles. The molecule has 4 rings (SSSR count). The average molecular weight is 472 g/mol. The van der Waals surface area contributed by atoms with Crippen LogP contribution in [-0.2, 0) is 16.1 Å². The minimum Gasteiger partial charge on any atom is -0.507 e. The second-order valence-corrected chi connectivity index (χ2v) is 8.93. The van der Waals surface area contributed by atoms with Gasteiger partial charge in [0, 0.05) is 31.5 Å². The third kappa shape index (κ3) is 5.04. The van der Waals surface area contributed by atoms with Crippen molar-refractivity contribution in [2.24, 2.45) is 0 Å². The molecule has 0 saturated carbocycles. The number of ether oxygens (including phenoxy) is 1. The highest BCUT2D eigenvalue weighted by atomic mass is 16.5. The van der Waals surface area contributed by atoms with Crippen molar-refractivity contribution in [1.82, 2.24) is 9.88 Å². The predicted octanol–water partition coefficient (Wildman–Crippen LogP) is 4.56. The quantitative estimate of drug-likeness (QED) is 0.309. The number of aliphatic hydroxyl groups is 1. The fourth-order valence-corrected chi connectivity index (χ4v) is 4.15. The van der Waals surface area contributed by atoms with Crippen molar-refractivity contribution in [3.8, 4) is 5.75 Å². The first-order chi connectivity index (χ1) is 16.8. The molecule has 0 bridgehead atoms. The Bertz CT molecular complexity index is 1250. The van der Waals surface area contributed by atoms with Crippen LogP contribution in [0.2, 0.25) is 0 Å². The highest BCUT2D eigenvalue weighted by Gasteiger charge is 2.46. The van der Waals surface area contributed by atoms with Crippen LogP contribution in [0.5, 0.6) is 5.75 Å². The standard InChI is InChI=1S/C28H29N3O4/c1-18(2)35-23-10-7-8-20(16-23)26(32)24-25(19-11-13-22(14-12-19)30(3)4)31(28(34)27(24)33)17-21-9-5-6-15-29-21/h5-16,18,25,32H,17H2,1-4H3/b26-24-. The van der Waals surface area contributed by atoms with Crippen molar-refractivity contribution in [2.75, 3.05) is 19.0 Å². The van der Waals surface area contributed by atoms with Crippen LogP contribution < -0.4 is 9.64 Å². The molecule has 1 atom stereocenters. The van der Waals surface area contributed by atoms with Gasteiger partial charge < -0.3 is 19.6 Å². The van der Waals surface area contributed by atoms with Crippen LogP contribution in [0.3, 0.4) is 0 Å². The topological polar surface area (TPSA) is 83.0 Å². The van der Waals surface area contributed by atoms with Gasteiger partial charge in [-0.05, 0) is 55.8 Å². The van der Waals surface area contributed by atoms with Gasteiger partial charge in [-0.3, -0.25) is 14.6 Å². The van der Waals surface area contributed by atoms with E-state index in [1.165, 1.54) is 4.90 Å². The number of aliphatic hydroxyl groups excluding tert-OH is 1. The highest BCUT2D eigenvalue weighted by molar-refractivity contribution is 6.46. The Labute approximate surface area is 205 Å². The Balaban J connectivity index is 1.83. The van der Waals surface area contributed by atoms with Crippen molar-refractivity contribution in [2.45, 2.75) is 32.5 Å². The Morgan fingerprint density at radius 1 is 1.06 bits per heavy atom. The average Bonchev–Trinajstić information content (AvgIpc) is 3.09. The number of carbonyl (C=O) groups excluding carboxylic acids is 2. The van der Waals surface area contributed by atoms with E-state index in [4.69, 9.17) is 4.74 Å². The largest absolute Gasteiger partial charge is 0.507 e. The summed E-state index contributed by atoms with van der Waals surface area (Å²) in [5, 5.41) is 11.3. The van der Waals surface area contributed by atoms with Gasteiger partial charge in [0.2, 0.25) is 0 Å². The maximum atomic E-state index is 13.3. The molecule has 7 nitrogen and oxygen atoms in total. The molecule has 1 aliphatic rings. The smallest absolute Gasteiger partial charge is 0.296 e. The van der Waals surface area contributed by atoms with Crippen molar-refractivity contribution in [1.29, 1.82) is 0 Å². The Morgan fingerprint density at radius 2 is 1.80 bits per heavy atom. The zero-order valence-corrected chi connectivity index (χ0v) is 20.3. The van der Waals surface area contributed by atoms with Crippen LogP contribution in [-0.4, -0.2) is 46.9 Å².